The van der Waals surface area contributed by atoms with Crippen LogP contribution in [-0.4, -0.2) is 20.4 Å². The van der Waals surface area contributed by atoms with E-state index in [9.17, 15) is 5.26 Å². The first kappa shape index (κ1) is 22.0. The van der Waals surface area contributed by atoms with Crippen molar-refractivity contribution in [1.29, 1.82) is 5.26 Å². The van der Waals surface area contributed by atoms with Crippen molar-refractivity contribution in [2.75, 3.05) is 14.2 Å². The Morgan fingerprint density at radius 2 is 1.77 bits per heavy atom. The summed E-state index contributed by atoms with van der Waals surface area (Å²) in [6.45, 7) is 0.772. The molecule has 0 fully saturated rings. The van der Waals surface area contributed by atoms with Gasteiger partial charge in [0.25, 0.3) is 0 Å². The van der Waals surface area contributed by atoms with Gasteiger partial charge in [0.2, 0.25) is 0 Å². The highest BCUT2D eigenvalue weighted by Crippen LogP contribution is 2.27. The Labute approximate surface area is 186 Å². The fourth-order valence-corrected chi connectivity index (χ4v) is 3.09. The normalized spacial score (nSPS) is 10.5. The van der Waals surface area contributed by atoms with Crippen LogP contribution >= 0.6 is 11.6 Å². The van der Waals surface area contributed by atoms with E-state index in [4.69, 9.17) is 25.8 Å². The van der Waals surface area contributed by atoms with Gasteiger partial charge in [-0.15, -0.1) is 0 Å². The second kappa shape index (κ2) is 10.9. The summed E-state index contributed by atoms with van der Waals surface area (Å²) in [5.74, 6) is 1.95. The number of hydrogen-bond donors (Lipinski definition) is 1. The van der Waals surface area contributed by atoms with E-state index in [1.807, 2.05) is 36.4 Å². The standard InChI is InChI=1S/C24H22ClN3O3/c1-29-23-9-7-17(11-24(23)30-2)14-27-28-15-20-12-21(25)8-10-22(20)31-16-19-6-4-3-5-18(19)13-26/h3-12,15,27H,14,16H2,1-2H3/b28-15+. The van der Waals surface area contributed by atoms with Crippen molar-refractivity contribution in [1.82, 2.24) is 5.43 Å². The number of methoxy groups -OCH3 is 2. The molecule has 0 aliphatic carbocycles. The number of ether oxygens (including phenoxy) is 3. The van der Waals surface area contributed by atoms with Crippen LogP contribution < -0.4 is 19.6 Å². The van der Waals surface area contributed by atoms with E-state index in [1.165, 1.54) is 0 Å². The Hall–Kier alpha value is -3.69. The first-order valence-corrected chi connectivity index (χ1v) is 9.89. The molecule has 0 bridgehead atoms. The highest BCUT2D eigenvalue weighted by Gasteiger charge is 2.07. The molecule has 3 aromatic carbocycles. The number of nitrogens with zero attached hydrogens (tertiary/aromatic N) is 2. The van der Waals surface area contributed by atoms with Crippen LogP contribution in [0.3, 0.4) is 0 Å². The Kier molecular flexibility index (Phi) is 7.74. The van der Waals surface area contributed by atoms with Gasteiger partial charge < -0.3 is 19.6 Å². The molecule has 0 amide bonds. The van der Waals surface area contributed by atoms with E-state index < -0.39 is 0 Å². The van der Waals surface area contributed by atoms with Gasteiger partial charge in [-0.2, -0.15) is 10.4 Å². The molecule has 0 unspecified atom stereocenters. The zero-order valence-corrected chi connectivity index (χ0v) is 18.0. The first-order valence-electron chi connectivity index (χ1n) is 9.51. The quantitative estimate of drug-likeness (QED) is 0.381. The zero-order valence-electron chi connectivity index (χ0n) is 17.3. The molecular weight excluding hydrogens is 414 g/mol. The van der Waals surface area contributed by atoms with Crippen LogP contribution in [-0.2, 0) is 13.2 Å². The third-order valence-electron chi connectivity index (χ3n) is 4.52. The molecule has 3 rings (SSSR count). The van der Waals surface area contributed by atoms with Gasteiger partial charge in [0.1, 0.15) is 12.4 Å². The van der Waals surface area contributed by atoms with Crippen LogP contribution in [0.2, 0.25) is 5.02 Å². The summed E-state index contributed by atoms with van der Waals surface area (Å²) in [5.41, 5.74) is 6.12. The van der Waals surface area contributed by atoms with Gasteiger partial charge in [0, 0.05) is 16.1 Å². The maximum atomic E-state index is 9.24. The minimum Gasteiger partial charge on any atom is -0.493 e. The Bertz CT molecular complexity index is 1110. The molecule has 158 valence electrons. The van der Waals surface area contributed by atoms with Gasteiger partial charge in [-0.1, -0.05) is 35.9 Å². The average Bonchev–Trinajstić information content (AvgIpc) is 2.81. The second-order valence-electron chi connectivity index (χ2n) is 6.52. The van der Waals surface area contributed by atoms with Gasteiger partial charge >= 0.3 is 0 Å². The topological polar surface area (TPSA) is 75.9 Å². The van der Waals surface area contributed by atoms with Crippen molar-refractivity contribution in [2.24, 2.45) is 5.10 Å². The third kappa shape index (κ3) is 5.91. The number of rotatable bonds is 9. The molecule has 0 spiro atoms. The minimum atomic E-state index is 0.269. The number of nitriles is 1. The summed E-state index contributed by atoms with van der Waals surface area (Å²) in [7, 11) is 3.20. The summed E-state index contributed by atoms with van der Waals surface area (Å²) in [4.78, 5) is 0. The third-order valence-corrected chi connectivity index (χ3v) is 4.75. The van der Waals surface area contributed by atoms with Crippen molar-refractivity contribution in [3.05, 3.63) is 87.9 Å². The average molecular weight is 436 g/mol. The summed E-state index contributed by atoms with van der Waals surface area (Å²) in [6, 6.07) is 20.5. The van der Waals surface area contributed by atoms with E-state index >= 15 is 0 Å². The van der Waals surface area contributed by atoms with Gasteiger partial charge in [0.05, 0.1) is 38.6 Å². The molecule has 6 nitrogen and oxygen atoms in total. The monoisotopic (exact) mass is 435 g/mol. The lowest BCUT2D eigenvalue weighted by molar-refractivity contribution is 0.305. The maximum absolute atomic E-state index is 9.24. The number of benzene rings is 3. The predicted molar refractivity (Wildman–Crippen MR) is 121 cm³/mol. The highest BCUT2D eigenvalue weighted by molar-refractivity contribution is 6.30. The summed E-state index contributed by atoms with van der Waals surface area (Å²) < 4.78 is 16.5. The van der Waals surface area contributed by atoms with E-state index in [0.29, 0.717) is 34.4 Å². The maximum Gasteiger partial charge on any atom is 0.161 e. The summed E-state index contributed by atoms with van der Waals surface area (Å²) >= 11 is 6.15. The zero-order chi connectivity index (χ0) is 22.1. The van der Waals surface area contributed by atoms with Crippen LogP contribution in [0.15, 0.2) is 65.8 Å². The summed E-state index contributed by atoms with van der Waals surface area (Å²) in [5, 5.41) is 14.1. The largest absolute Gasteiger partial charge is 0.493 e. The first-order chi connectivity index (χ1) is 15.1. The van der Waals surface area contributed by atoms with Gasteiger partial charge in [-0.05, 0) is 42.0 Å². The van der Waals surface area contributed by atoms with Crippen LogP contribution in [0.1, 0.15) is 22.3 Å². The number of hydrazone groups is 1. The molecular formula is C24H22ClN3O3. The molecule has 0 aliphatic heterocycles. The fourth-order valence-electron chi connectivity index (χ4n) is 2.91. The van der Waals surface area contributed by atoms with Gasteiger partial charge in [0.15, 0.2) is 11.5 Å². The van der Waals surface area contributed by atoms with Crippen molar-refractivity contribution in [2.45, 2.75) is 13.2 Å². The SMILES string of the molecule is COc1ccc(CN/N=C/c2cc(Cl)ccc2OCc2ccccc2C#N)cc1OC. The molecule has 0 aromatic heterocycles. The van der Waals surface area contributed by atoms with E-state index in [2.05, 4.69) is 16.6 Å². The van der Waals surface area contributed by atoms with Gasteiger partial charge in [-0.3, -0.25) is 0 Å². The number of hydrogen-bond acceptors (Lipinski definition) is 6. The van der Waals surface area contributed by atoms with Crippen LogP contribution in [0.4, 0.5) is 0 Å². The molecule has 0 radical (unpaired) electrons. The molecule has 3 aromatic rings. The van der Waals surface area contributed by atoms with Crippen molar-refractivity contribution in [3.8, 4) is 23.3 Å². The Morgan fingerprint density at radius 1 is 1.00 bits per heavy atom. The molecule has 7 heteroatoms. The summed E-state index contributed by atoms with van der Waals surface area (Å²) in [6.07, 6.45) is 1.65. The highest BCUT2D eigenvalue weighted by atomic mass is 35.5. The Morgan fingerprint density at radius 3 is 2.55 bits per heavy atom. The second-order valence-corrected chi connectivity index (χ2v) is 6.96. The smallest absolute Gasteiger partial charge is 0.161 e. The van der Waals surface area contributed by atoms with Crippen molar-refractivity contribution in [3.63, 3.8) is 0 Å². The molecule has 1 N–H and O–H groups in total. The lowest BCUT2D eigenvalue weighted by Crippen LogP contribution is -2.06. The van der Waals surface area contributed by atoms with E-state index in [0.717, 1.165) is 16.7 Å². The molecule has 31 heavy (non-hydrogen) atoms. The van der Waals surface area contributed by atoms with Gasteiger partial charge in [-0.25, -0.2) is 0 Å². The Balaban J connectivity index is 1.66. The molecule has 0 aliphatic rings. The molecule has 0 saturated carbocycles. The number of halogens is 1. The van der Waals surface area contributed by atoms with Crippen molar-refractivity contribution < 1.29 is 14.2 Å². The molecule has 0 saturated heterocycles. The van der Waals surface area contributed by atoms with E-state index in [-0.39, 0.29) is 6.61 Å². The van der Waals surface area contributed by atoms with Crippen LogP contribution in [0.25, 0.3) is 0 Å². The van der Waals surface area contributed by atoms with Crippen LogP contribution in [0.5, 0.6) is 17.2 Å². The molecule has 0 atom stereocenters. The lowest BCUT2D eigenvalue weighted by atomic mass is 10.1. The van der Waals surface area contributed by atoms with Crippen molar-refractivity contribution >= 4 is 17.8 Å². The molecule has 0 heterocycles. The minimum absolute atomic E-state index is 0.269. The van der Waals surface area contributed by atoms with E-state index in [1.54, 1.807) is 44.7 Å². The van der Waals surface area contributed by atoms with Crippen LogP contribution in [0, 0.1) is 11.3 Å². The predicted octanol–water partition coefficient (Wildman–Crippen LogP) is 4.93. The fraction of sp³-hybridized carbons (Fsp3) is 0.167. The lowest BCUT2D eigenvalue weighted by Gasteiger charge is -2.11. The number of nitrogens with one attached hydrogen (secondary N) is 1.